The summed E-state index contributed by atoms with van der Waals surface area (Å²) >= 11 is 9.30. The molecule has 0 saturated heterocycles. The van der Waals surface area contributed by atoms with E-state index in [0.29, 0.717) is 16.4 Å². The molecule has 0 fully saturated rings. The number of amides is 1. The molecule has 3 aromatic rings. The number of nitrogens with zero attached hydrogens (tertiary/aromatic N) is 2. The summed E-state index contributed by atoms with van der Waals surface area (Å²) in [4.78, 5) is 36.8. The van der Waals surface area contributed by atoms with Crippen molar-refractivity contribution in [3.8, 4) is 5.69 Å². The Bertz CT molecular complexity index is 1070. The molecule has 1 N–H and O–H groups in total. The summed E-state index contributed by atoms with van der Waals surface area (Å²) in [6.45, 7) is -0.291. The lowest BCUT2D eigenvalue weighted by Gasteiger charge is -2.10. The van der Waals surface area contributed by atoms with Gasteiger partial charge in [-0.2, -0.15) is 0 Å². The van der Waals surface area contributed by atoms with Crippen molar-refractivity contribution in [3.63, 3.8) is 0 Å². The Morgan fingerprint density at radius 1 is 1.00 bits per heavy atom. The Labute approximate surface area is 161 Å². The Morgan fingerprint density at radius 2 is 1.69 bits per heavy atom. The van der Waals surface area contributed by atoms with Gasteiger partial charge in [-0.05, 0) is 36.4 Å². The average molecular weight is 435 g/mol. The maximum Gasteiger partial charge on any atom is 0.320 e. The van der Waals surface area contributed by atoms with Crippen LogP contribution in [0.15, 0.2) is 75.0 Å². The van der Waals surface area contributed by atoms with Crippen LogP contribution in [0.25, 0.3) is 5.69 Å². The fraction of sp³-hybridized carbons (Fsp3) is 0.0556. The van der Waals surface area contributed by atoms with Crippen LogP contribution in [-0.4, -0.2) is 15.0 Å². The summed E-state index contributed by atoms with van der Waals surface area (Å²) in [6.07, 6.45) is 2.85. The van der Waals surface area contributed by atoms with Crippen LogP contribution in [0.4, 0.5) is 5.69 Å². The number of carbonyl (C=O) groups is 1. The van der Waals surface area contributed by atoms with Crippen molar-refractivity contribution in [2.24, 2.45) is 0 Å². The highest BCUT2D eigenvalue weighted by molar-refractivity contribution is 9.10. The van der Waals surface area contributed by atoms with Crippen LogP contribution >= 0.6 is 27.5 Å². The lowest BCUT2D eigenvalue weighted by atomic mass is 10.3. The van der Waals surface area contributed by atoms with Gasteiger partial charge in [0.2, 0.25) is 5.91 Å². The molecule has 0 unspecified atom stereocenters. The van der Waals surface area contributed by atoms with Gasteiger partial charge in [0.1, 0.15) is 6.54 Å². The third kappa shape index (κ3) is 3.95. The van der Waals surface area contributed by atoms with E-state index in [1.165, 1.54) is 17.0 Å². The van der Waals surface area contributed by atoms with Crippen molar-refractivity contribution in [1.82, 2.24) is 9.13 Å². The molecule has 0 aliphatic heterocycles. The summed E-state index contributed by atoms with van der Waals surface area (Å²) < 4.78 is 3.15. The van der Waals surface area contributed by atoms with Crippen LogP contribution in [0.2, 0.25) is 5.02 Å². The van der Waals surface area contributed by atoms with Gasteiger partial charge in [-0.15, -0.1) is 0 Å². The molecular formula is C18H13BrClN3O3. The maximum atomic E-state index is 12.3. The molecule has 0 aliphatic carbocycles. The van der Waals surface area contributed by atoms with Gasteiger partial charge in [0.05, 0.1) is 10.7 Å². The number of halogens is 2. The molecule has 6 nitrogen and oxygen atoms in total. The van der Waals surface area contributed by atoms with Gasteiger partial charge >= 0.3 is 11.1 Å². The number of hydrogen-bond donors (Lipinski definition) is 1. The first-order valence-corrected chi connectivity index (χ1v) is 8.75. The predicted octanol–water partition coefficient (Wildman–Crippen LogP) is 3.05. The first-order valence-electron chi connectivity index (χ1n) is 7.58. The minimum absolute atomic E-state index is 0.291. The number of aromatic nitrogens is 2. The maximum absolute atomic E-state index is 12.3. The zero-order valence-electron chi connectivity index (χ0n) is 13.4. The van der Waals surface area contributed by atoms with E-state index in [4.69, 9.17) is 11.6 Å². The monoisotopic (exact) mass is 433 g/mol. The zero-order valence-corrected chi connectivity index (χ0v) is 15.7. The summed E-state index contributed by atoms with van der Waals surface area (Å²) in [6, 6.07) is 13.7. The van der Waals surface area contributed by atoms with E-state index in [-0.39, 0.29) is 6.54 Å². The minimum atomic E-state index is -0.787. The molecule has 132 valence electrons. The van der Waals surface area contributed by atoms with Crippen molar-refractivity contribution in [3.05, 3.63) is 91.1 Å². The van der Waals surface area contributed by atoms with E-state index >= 15 is 0 Å². The molecule has 0 aliphatic rings. The van der Waals surface area contributed by atoms with Crippen LogP contribution in [0, 0.1) is 0 Å². The Kier molecular flexibility index (Phi) is 5.39. The lowest BCUT2D eigenvalue weighted by molar-refractivity contribution is -0.116. The molecule has 1 heterocycles. The van der Waals surface area contributed by atoms with E-state index in [1.807, 2.05) is 0 Å². The molecule has 0 atom stereocenters. The van der Waals surface area contributed by atoms with Gasteiger partial charge in [0, 0.05) is 22.6 Å². The largest absolute Gasteiger partial charge is 0.323 e. The summed E-state index contributed by atoms with van der Waals surface area (Å²) in [7, 11) is 0. The molecule has 0 radical (unpaired) electrons. The van der Waals surface area contributed by atoms with Crippen molar-refractivity contribution in [2.45, 2.75) is 6.54 Å². The van der Waals surface area contributed by atoms with E-state index in [2.05, 4.69) is 21.2 Å². The smallest absolute Gasteiger partial charge is 0.320 e. The molecule has 0 bridgehead atoms. The Hall–Kier alpha value is -2.64. The third-order valence-electron chi connectivity index (χ3n) is 3.62. The normalized spacial score (nSPS) is 10.5. The number of anilines is 1. The first-order chi connectivity index (χ1) is 12.5. The molecule has 2 aromatic carbocycles. The van der Waals surface area contributed by atoms with Gasteiger partial charge in [-0.3, -0.25) is 23.5 Å². The number of benzene rings is 2. The van der Waals surface area contributed by atoms with Crippen molar-refractivity contribution in [2.75, 3.05) is 5.32 Å². The van der Waals surface area contributed by atoms with Gasteiger partial charge < -0.3 is 5.32 Å². The van der Waals surface area contributed by atoms with Gasteiger partial charge in [-0.25, -0.2) is 0 Å². The second-order valence-electron chi connectivity index (χ2n) is 5.41. The quantitative estimate of drug-likeness (QED) is 0.642. The van der Waals surface area contributed by atoms with Gasteiger partial charge in [-0.1, -0.05) is 39.7 Å². The Morgan fingerprint density at radius 3 is 2.38 bits per heavy atom. The number of hydrogen-bond acceptors (Lipinski definition) is 3. The summed E-state index contributed by atoms with van der Waals surface area (Å²) in [5.74, 6) is -0.457. The summed E-state index contributed by atoms with van der Waals surface area (Å²) in [5.41, 5.74) is -0.525. The molecule has 8 heteroatoms. The van der Waals surface area contributed by atoms with E-state index < -0.39 is 17.0 Å². The van der Waals surface area contributed by atoms with Crippen LogP contribution in [0.5, 0.6) is 0 Å². The second kappa shape index (κ2) is 7.72. The average Bonchev–Trinajstić information content (AvgIpc) is 2.62. The minimum Gasteiger partial charge on any atom is -0.323 e. The molecule has 0 saturated carbocycles. The number of nitrogens with one attached hydrogen (secondary N) is 1. The SMILES string of the molecule is O=C(Cn1ccn(-c2ccc(Br)cc2)c(=O)c1=O)Nc1ccccc1Cl. The zero-order chi connectivity index (χ0) is 18.7. The fourth-order valence-electron chi connectivity index (χ4n) is 2.34. The van der Waals surface area contributed by atoms with Crippen LogP contribution in [0.1, 0.15) is 0 Å². The second-order valence-corrected chi connectivity index (χ2v) is 6.73. The third-order valence-corrected chi connectivity index (χ3v) is 4.48. The van der Waals surface area contributed by atoms with Crippen molar-refractivity contribution >= 4 is 39.1 Å². The molecule has 26 heavy (non-hydrogen) atoms. The standard InChI is InChI=1S/C18H13BrClN3O3/c19-12-5-7-13(8-6-12)23-10-9-22(17(25)18(23)26)11-16(24)21-15-4-2-1-3-14(15)20/h1-10H,11H2,(H,21,24). The van der Waals surface area contributed by atoms with Crippen LogP contribution in [0.3, 0.4) is 0 Å². The summed E-state index contributed by atoms with van der Waals surface area (Å²) in [5, 5.41) is 3.00. The molecule has 1 aromatic heterocycles. The van der Waals surface area contributed by atoms with Crippen molar-refractivity contribution < 1.29 is 4.79 Å². The van der Waals surface area contributed by atoms with Gasteiger partial charge in [0.25, 0.3) is 0 Å². The fourth-order valence-corrected chi connectivity index (χ4v) is 2.79. The number of para-hydroxylation sites is 1. The highest BCUT2D eigenvalue weighted by Crippen LogP contribution is 2.20. The highest BCUT2D eigenvalue weighted by Gasteiger charge is 2.11. The number of carbonyl (C=O) groups excluding carboxylic acids is 1. The Balaban J connectivity index is 1.83. The highest BCUT2D eigenvalue weighted by atomic mass is 79.9. The van der Waals surface area contributed by atoms with Crippen LogP contribution < -0.4 is 16.4 Å². The topological polar surface area (TPSA) is 73.1 Å². The van der Waals surface area contributed by atoms with E-state index in [0.717, 1.165) is 9.04 Å². The molecule has 1 amide bonds. The van der Waals surface area contributed by atoms with E-state index in [1.54, 1.807) is 48.5 Å². The molecule has 0 spiro atoms. The molecular weight excluding hydrogens is 422 g/mol. The van der Waals surface area contributed by atoms with Crippen molar-refractivity contribution in [1.29, 1.82) is 0 Å². The van der Waals surface area contributed by atoms with Crippen LogP contribution in [-0.2, 0) is 11.3 Å². The lowest BCUT2D eigenvalue weighted by Crippen LogP contribution is -2.41. The van der Waals surface area contributed by atoms with Gasteiger partial charge in [0.15, 0.2) is 0 Å². The first kappa shape index (κ1) is 18.2. The predicted molar refractivity (Wildman–Crippen MR) is 104 cm³/mol. The van der Waals surface area contributed by atoms with E-state index in [9.17, 15) is 14.4 Å². The molecule has 3 rings (SSSR count). The number of rotatable bonds is 4.